The number of aliphatic hydroxyl groups is 4. The largest absolute Gasteiger partial charge is 0.396 e. The zero-order valence-electron chi connectivity index (χ0n) is 7.43. The first kappa shape index (κ1) is 12.8. The van der Waals surface area contributed by atoms with Gasteiger partial charge in [-0.1, -0.05) is 0 Å². The zero-order chi connectivity index (χ0) is 10.5. The summed E-state index contributed by atoms with van der Waals surface area (Å²) in [4.78, 5) is 0. The Morgan fingerprint density at radius 3 is 2.00 bits per heavy atom. The predicted octanol–water partition coefficient (Wildman–Crippen LogP) is -3.06. The highest BCUT2D eigenvalue weighted by Gasteiger charge is 2.33. The molecular formula is C7H18N2O4. The van der Waals surface area contributed by atoms with E-state index in [0.29, 0.717) is 0 Å². The SMILES string of the molecule is NCC(O)CC(N)(O)C(CO)CO. The molecule has 0 aliphatic rings. The molecule has 6 heteroatoms. The van der Waals surface area contributed by atoms with Crippen LogP contribution in [0.25, 0.3) is 0 Å². The number of hydrogen-bond acceptors (Lipinski definition) is 6. The van der Waals surface area contributed by atoms with Crippen LogP contribution < -0.4 is 11.5 Å². The van der Waals surface area contributed by atoms with Gasteiger partial charge in [-0.05, 0) is 0 Å². The molecule has 13 heavy (non-hydrogen) atoms. The molecule has 80 valence electrons. The summed E-state index contributed by atoms with van der Waals surface area (Å²) in [6.07, 6.45) is -1.11. The van der Waals surface area contributed by atoms with Gasteiger partial charge in [-0.3, -0.25) is 0 Å². The highest BCUT2D eigenvalue weighted by Crippen LogP contribution is 2.16. The molecule has 2 atom stereocenters. The average molecular weight is 194 g/mol. The van der Waals surface area contributed by atoms with Crippen LogP contribution in [0.2, 0.25) is 0 Å². The van der Waals surface area contributed by atoms with Gasteiger partial charge in [-0.2, -0.15) is 0 Å². The van der Waals surface area contributed by atoms with Gasteiger partial charge < -0.3 is 31.9 Å². The summed E-state index contributed by atoms with van der Waals surface area (Å²) in [6.45, 7) is -0.912. The average Bonchev–Trinajstić information content (AvgIpc) is 2.05. The topological polar surface area (TPSA) is 133 Å². The predicted molar refractivity (Wildman–Crippen MR) is 46.5 cm³/mol. The summed E-state index contributed by atoms with van der Waals surface area (Å²) in [5.41, 5.74) is 8.71. The Morgan fingerprint density at radius 2 is 1.69 bits per heavy atom. The molecule has 0 radical (unpaired) electrons. The summed E-state index contributed by atoms with van der Waals surface area (Å²) in [7, 11) is 0. The lowest BCUT2D eigenvalue weighted by Crippen LogP contribution is -2.53. The van der Waals surface area contributed by atoms with E-state index in [-0.39, 0.29) is 13.0 Å². The lowest BCUT2D eigenvalue weighted by Gasteiger charge is -2.31. The molecule has 0 heterocycles. The molecule has 0 saturated carbocycles. The van der Waals surface area contributed by atoms with E-state index >= 15 is 0 Å². The second-order valence-electron chi connectivity index (χ2n) is 3.15. The van der Waals surface area contributed by atoms with E-state index in [2.05, 4.69) is 0 Å². The Balaban J connectivity index is 4.18. The summed E-state index contributed by atoms with van der Waals surface area (Å²) in [5, 5.41) is 36.1. The molecule has 0 aromatic heterocycles. The number of aliphatic hydroxyl groups excluding tert-OH is 3. The molecule has 0 spiro atoms. The molecule has 0 amide bonds. The van der Waals surface area contributed by atoms with Crippen LogP contribution in [0, 0.1) is 5.92 Å². The second kappa shape index (κ2) is 5.48. The van der Waals surface area contributed by atoms with Gasteiger partial charge in [0, 0.05) is 18.9 Å². The van der Waals surface area contributed by atoms with Gasteiger partial charge in [0.1, 0.15) is 5.72 Å². The van der Waals surface area contributed by atoms with Gasteiger partial charge in [-0.15, -0.1) is 0 Å². The van der Waals surface area contributed by atoms with E-state index in [1.54, 1.807) is 0 Å². The van der Waals surface area contributed by atoms with Gasteiger partial charge in [0.15, 0.2) is 0 Å². The summed E-state index contributed by atoms with van der Waals surface area (Å²) in [5.74, 6) is -0.867. The van der Waals surface area contributed by atoms with Crippen molar-refractivity contribution in [1.82, 2.24) is 0 Å². The maximum absolute atomic E-state index is 9.52. The molecule has 0 saturated heterocycles. The van der Waals surface area contributed by atoms with Gasteiger partial charge in [0.2, 0.25) is 0 Å². The highest BCUT2D eigenvalue weighted by atomic mass is 16.3. The molecule has 0 rings (SSSR count). The van der Waals surface area contributed by atoms with Crippen molar-refractivity contribution in [3.05, 3.63) is 0 Å². The maximum Gasteiger partial charge on any atom is 0.123 e. The number of nitrogens with two attached hydrogens (primary N) is 2. The molecule has 6 nitrogen and oxygen atoms in total. The van der Waals surface area contributed by atoms with Crippen LogP contribution in [0.3, 0.4) is 0 Å². The van der Waals surface area contributed by atoms with Crippen LogP contribution in [-0.2, 0) is 0 Å². The maximum atomic E-state index is 9.52. The molecule has 0 bridgehead atoms. The normalized spacial score (nSPS) is 18.7. The Labute approximate surface area is 76.8 Å². The molecule has 2 unspecified atom stereocenters. The third-order valence-corrected chi connectivity index (χ3v) is 1.98. The van der Waals surface area contributed by atoms with Gasteiger partial charge in [0.25, 0.3) is 0 Å². The van der Waals surface area contributed by atoms with Crippen LogP contribution in [0.15, 0.2) is 0 Å². The van der Waals surface area contributed by atoms with Crippen LogP contribution in [0.4, 0.5) is 0 Å². The quantitative estimate of drug-likeness (QED) is 0.249. The Morgan fingerprint density at radius 1 is 1.23 bits per heavy atom. The number of rotatable bonds is 6. The lowest BCUT2D eigenvalue weighted by molar-refractivity contribution is -0.0812. The monoisotopic (exact) mass is 194 g/mol. The van der Waals surface area contributed by atoms with Crippen molar-refractivity contribution in [2.45, 2.75) is 18.2 Å². The van der Waals surface area contributed by atoms with E-state index in [9.17, 15) is 5.11 Å². The van der Waals surface area contributed by atoms with Gasteiger partial charge >= 0.3 is 0 Å². The molecule has 0 fully saturated rings. The van der Waals surface area contributed by atoms with Gasteiger partial charge in [-0.25, -0.2) is 0 Å². The van der Waals surface area contributed by atoms with Crippen LogP contribution >= 0.6 is 0 Å². The van der Waals surface area contributed by atoms with Crippen molar-refractivity contribution < 1.29 is 20.4 Å². The van der Waals surface area contributed by atoms with Crippen LogP contribution in [-0.4, -0.2) is 52.0 Å². The summed E-state index contributed by atoms with van der Waals surface area (Å²) >= 11 is 0. The van der Waals surface area contributed by atoms with Crippen molar-refractivity contribution in [2.75, 3.05) is 19.8 Å². The first-order chi connectivity index (χ1) is 5.97. The van der Waals surface area contributed by atoms with E-state index in [1.807, 2.05) is 0 Å². The summed E-state index contributed by atoms with van der Waals surface area (Å²) < 4.78 is 0. The second-order valence-corrected chi connectivity index (χ2v) is 3.15. The fourth-order valence-electron chi connectivity index (χ4n) is 1.00. The fraction of sp³-hybridized carbons (Fsp3) is 1.00. The number of hydrogen-bond donors (Lipinski definition) is 6. The molecule has 0 aromatic rings. The Kier molecular flexibility index (Phi) is 5.38. The Hall–Kier alpha value is -0.240. The van der Waals surface area contributed by atoms with Crippen LogP contribution in [0.5, 0.6) is 0 Å². The lowest BCUT2D eigenvalue weighted by atomic mass is 9.92. The molecular weight excluding hydrogens is 176 g/mol. The molecule has 0 aliphatic heterocycles. The first-order valence-electron chi connectivity index (χ1n) is 4.09. The van der Waals surface area contributed by atoms with E-state index in [0.717, 1.165) is 0 Å². The highest BCUT2D eigenvalue weighted by molar-refractivity contribution is 4.82. The third kappa shape index (κ3) is 3.99. The minimum absolute atomic E-state index is 0.0247. The fourth-order valence-corrected chi connectivity index (χ4v) is 1.00. The first-order valence-corrected chi connectivity index (χ1v) is 4.09. The molecule has 0 aromatic carbocycles. The van der Waals surface area contributed by atoms with Crippen molar-refractivity contribution in [3.8, 4) is 0 Å². The zero-order valence-corrected chi connectivity index (χ0v) is 7.43. The van der Waals surface area contributed by atoms with Crippen molar-refractivity contribution in [3.63, 3.8) is 0 Å². The smallest absolute Gasteiger partial charge is 0.123 e. The summed E-state index contributed by atoms with van der Waals surface area (Å²) in [6, 6.07) is 0. The minimum Gasteiger partial charge on any atom is -0.396 e. The van der Waals surface area contributed by atoms with Crippen LogP contribution in [0.1, 0.15) is 6.42 Å². The third-order valence-electron chi connectivity index (χ3n) is 1.98. The van der Waals surface area contributed by atoms with Crippen molar-refractivity contribution in [1.29, 1.82) is 0 Å². The molecule has 0 aliphatic carbocycles. The van der Waals surface area contributed by atoms with E-state index < -0.39 is 31.0 Å². The minimum atomic E-state index is -1.79. The Bertz CT molecular complexity index is 138. The van der Waals surface area contributed by atoms with Gasteiger partial charge in [0.05, 0.1) is 19.3 Å². The standard InChI is InChI=1S/C7H18N2O4/c8-2-6(12)1-7(9,13)5(3-10)4-11/h5-6,10-13H,1-4,8-9H2. The van der Waals surface area contributed by atoms with Crippen molar-refractivity contribution >= 4 is 0 Å². The van der Waals surface area contributed by atoms with E-state index in [1.165, 1.54) is 0 Å². The molecule has 8 N–H and O–H groups in total. The van der Waals surface area contributed by atoms with E-state index in [4.69, 9.17) is 26.8 Å². The van der Waals surface area contributed by atoms with Crippen molar-refractivity contribution in [2.24, 2.45) is 17.4 Å².